The number of amides is 2. The monoisotopic (exact) mass is 902 g/mol. The van der Waals surface area contributed by atoms with E-state index in [9.17, 15) is 28.8 Å². The van der Waals surface area contributed by atoms with Gasteiger partial charge in [-0.3, -0.25) is 33.7 Å². The van der Waals surface area contributed by atoms with Gasteiger partial charge in [0, 0.05) is 70.9 Å². The van der Waals surface area contributed by atoms with Crippen LogP contribution in [0.4, 0.5) is 0 Å². The molecule has 0 aromatic heterocycles. The number of carbonyl (C=O) groups excluding carboxylic acids is 6. The first-order chi connectivity index (χ1) is 30.0. The van der Waals surface area contributed by atoms with E-state index in [2.05, 4.69) is 31.1 Å². The molecule has 0 unspecified atom stereocenters. The molecule has 1 aliphatic heterocycles. The SMILES string of the molecule is CC[C@H](C)[C@@H]([C@@H](CC(C)=O)OC)N(C)C(=O)[C@@H](CC(=O)[C@H](C(C)C)N(C)C)C(C)C.CO[C@H]([C@@H](C)C(=O)C[C@@H](Cc1ccccc1)C(=O)NCCCOC(=O)[C@H](C)N)[C@@H]1CCCN1C. The fraction of sp³-hybridized carbons (Fsp3) is 0.760. The Balaban J connectivity index is 0.000000646. The molecule has 1 aromatic rings. The Morgan fingerprint density at radius 2 is 1.50 bits per heavy atom. The minimum Gasteiger partial charge on any atom is -0.464 e. The van der Waals surface area contributed by atoms with Crippen LogP contribution in [0.5, 0.6) is 0 Å². The fourth-order valence-electron chi connectivity index (χ4n) is 9.02. The van der Waals surface area contributed by atoms with Crippen molar-refractivity contribution in [1.29, 1.82) is 0 Å². The zero-order valence-corrected chi connectivity index (χ0v) is 42.2. The second-order valence-corrected chi connectivity index (χ2v) is 19.0. The normalized spacial score (nSPS) is 18.5. The number of esters is 1. The van der Waals surface area contributed by atoms with Crippen molar-refractivity contribution >= 4 is 35.1 Å². The molecule has 1 aromatic carbocycles. The number of hydrogen-bond donors (Lipinski definition) is 2. The molecule has 1 heterocycles. The van der Waals surface area contributed by atoms with Gasteiger partial charge in [0.05, 0.1) is 30.9 Å². The number of ether oxygens (including phenoxy) is 3. The minimum atomic E-state index is -0.669. The largest absolute Gasteiger partial charge is 0.464 e. The summed E-state index contributed by atoms with van der Waals surface area (Å²) >= 11 is 0. The number of likely N-dealkylation sites (tertiary alicyclic amines) is 1. The minimum absolute atomic E-state index is 0.0326. The van der Waals surface area contributed by atoms with Crippen LogP contribution in [-0.2, 0) is 49.4 Å². The van der Waals surface area contributed by atoms with E-state index >= 15 is 0 Å². The zero-order valence-electron chi connectivity index (χ0n) is 42.2. The van der Waals surface area contributed by atoms with Crippen LogP contribution in [0.2, 0.25) is 0 Å². The third-order valence-electron chi connectivity index (χ3n) is 12.9. The third-order valence-corrected chi connectivity index (χ3v) is 12.9. The fourth-order valence-corrected chi connectivity index (χ4v) is 9.02. The molecule has 3 N–H and O–H groups in total. The van der Waals surface area contributed by atoms with E-state index in [0.29, 0.717) is 19.4 Å². The average Bonchev–Trinajstić information content (AvgIpc) is 3.66. The molecule has 0 bridgehead atoms. The highest BCUT2D eigenvalue weighted by molar-refractivity contribution is 5.90. The summed E-state index contributed by atoms with van der Waals surface area (Å²) < 4.78 is 16.5. The van der Waals surface area contributed by atoms with Crippen LogP contribution in [-0.4, -0.2) is 148 Å². The summed E-state index contributed by atoms with van der Waals surface area (Å²) in [5.74, 6) is -1.32. The summed E-state index contributed by atoms with van der Waals surface area (Å²) in [7, 11) is 10.9. The van der Waals surface area contributed by atoms with E-state index in [4.69, 9.17) is 19.9 Å². The van der Waals surface area contributed by atoms with Gasteiger partial charge in [-0.1, -0.05) is 85.2 Å². The van der Waals surface area contributed by atoms with Crippen LogP contribution in [0.1, 0.15) is 113 Å². The van der Waals surface area contributed by atoms with E-state index in [-0.39, 0.29) is 109 Å². The molecule has 14 heteroatoms. The standard InChI is InChI=1S/C26H41N3O5.C24H46N2O4/c1-18(24(33-4)22-12-8-14-29(22)3)23(30)17-21(16-20-10-6-5-7-11-20)25(31)28-13-9-15-34-26(32)19(2)27;1-12-17(6)23(21(30-11)13-18(7)27)26(10)24(29)19(15(2)3)14-20(28)22(16(4)5)25(8)9/h5-7,10-11,18-19,21-22,24H,8-9,12-17,27H2,1-4H3,(H,28,31);15-17,19,21-23H,12-14H2,1-11H3/t18-,19-,21+,22-,24+;17-,19-,21+,22-,23-/m00/s1. The molecule has 0 saturated carbocycles. The Bertz CT molecular complexity index is 1560. The van der Waals surface area contributed by atoms with Crippen LogP contribution in [0.3, 0.4) is 0 Å². The van der Waals surface area contributed by atoms with Crippen molar-refractivity contribution in [2.24, 2.45) is 41.2 Å². The lowest BCUT2D eigenvalue weighted by Crippen LogP contribution is -2.52. The maximum atomic E-state index is 13.6. The first-order valence-corrected chi connectivity index (χ1v) is 23.5. The molecule has 1 aliphatic rings. The van der Waals surface area contributed by atoms with Gasteiger partial charge in [0.15, 0.2) is 5.78 Å². The molecule has 10 atom stereocenters. The van der Waals surface area contributed by atoms with Gasteiger partial charge in [-0.25, -0.2) is 0 Å². The number of likely N-dealkylation sites (N-methyl/N-ethyl adjacent to an activating group) is 3. The summed E-state index contributed by atoms with van der Waals surface area (Å²) in [6.45, 7) is 18.8. The molecule has 1 fully saturated rings. The van der Waals surface area contributed by atoms with E-state index in [1.54, 1.807) is 40.0 Å². The van der Waals surface area contributed by atoms with E-state index in [0.717, 1.165) is 31.4 Å². The maximum Gasteiger partial charge on any atom is 0.322 e. The molecule has 0 spiro atoms. The number of methoxy groups -OCH3 is 2. The number of nitrogens with two attached hydrogens (primary N) is 1. The maximum absolute atomic E-state index is 13.6. The Morgan fingerprint density at radius 1 is 0.875 bits per heavy atom. The van der Waals surface area contributed by atoms with Gasteiger partial charge in [0.1, 0.15) is 17.6 Å². The van der Waals surface area contributed by atoms with Crippen molar-refractivity contribution in [1.82, 2.24) is 20.0 Å². The molecule has 1 saturated heterocycles. The number of ketones is 3. The summed E-state index contributed by atoms with van der Waals surface area (Å²) in [4.78, 5) is 82.1. The molecule has 0 radical (unpaired) electrons. The number of carbonyl (C=O) groups is 6. The van der Waals surface area contributed by atoms with Crippen LogP contribution in [0.15, 0.2) is 30.3 Å². The molecule has 64 heavy (non-hydrogen) atoms. The van der Waals surface area contributed by atoms with Gasteiger partial charge < -0.3 is 35.1 Å². The van der Waals surface area contributed by atoms with E-state index < -0.39 is 23.8 Å². The van der Waals surface area contributed by atoms with Gasteiger partial charge in [-0.15, -0.1) is 0 Å². The van der Waals surface area contributed by atoms with Crippen molar-refractivity contribution in [2.45, 2.75) is 150 Å². The lowest BCUT2D eigenvalue weighted by Gasteiger charge is -2.40. The molecule has 2 amide bonds. The molecule has 2 rings (SSSR count). The lowest BCUT2D eigenvalue weighted by atomic mass is 9.83. The van der Waals surface area contributed by atoms with Gasteiger partial charge in [0.2, 0.25) is 11.8 Å². The summed E-state index contributed by atoms with van der Waals surface area (Å²) in [5.41, 5.74) is 6.48. The lowest BCUT2D eigenvalue weighted by molar-refractivity contribution is -0.146. The number of Topliss-reactive ketones (excluding diaryl/α,β-unsaturated/α-hetero) is 3. The van der Waals surface area contributed by atoms with Crippen molar-refractivity contribution in [3.63, 3.8) is 0 Å². The zero-order chi connectivity index (χ0) is 48.8. The van der Waals surface area contributed by atoms with Crippen molar-refractivity contribution in [2.75, 3.05) is 62.1 Å². The molecular formula is C50H87N5O9. The van der Waals surface area contributed by atoms with Crippen molar-refractivity contribution in [3.05, 3.63) is 35.9 Å². The summed E-state index contributed by atoms with van der Waals surface area (Å²) in [6, 6.07) is 8.83. The number of benzene rings is 1. The van der Waals surface area contributed by atoms with Gasteiger partial charge in [0.25, 0.3) is 0 Å². The van der Waals surface area contributed by atoms with Gasteiger partial charge in [-0.05, 0) is 90.5 Å². The summed E-state index contributed by atoms with van der Waals surface area (Å²) in [6.07, 6.45) is 4.01. The van der Waals surface area contributed by atoms with Gasteiger partial charge >= 0.3 is 5.97 Å². The van der Waals surface area contributed by atoms with E-state index in [1.807, 2.05) is 83.9 Å². The van der Waals surface area contributed by atoms with Crippen molar-refractivity contribution in [3.8, 4) is 0 Å². The number of nitrogens with zero attached hydrogens (tertiary/aromatic N) is 3. The van der Waals surface area contributed by atoms with Crippen LogP contribution in [0.25, 0.3) is 0 Å². The molecule has 14 nitrogen and oxygen atoms in total. The van der Waals surface area contributed by atoms with Crippen molar-refractivity contribution < 1.29 is 43.0 Å². The molecule has 0 aliphatic carbocycles. The van der Waals surface area contributed by atoms with Crippen LogP contribution in [0, 0.1) is 35.5 Å². The highest BCUT2D eigenvalue weighted by Gasteiger charge is 2.39. The van der Waals surface area contributed by atoms with Gasteiger partial charge in [-0.2, -0.15) is 0 Å². The first kappa shape index (κ1) is 58.5. The highest BCUT2D eigenvalue weighted by Crippen LogP contribution is 2.29. The number of nitrogens with one attached hydrogen (secondary N) is 1. The second-order valence-electron chi connectivity index (χ2n) is 19.0. The number of rotatable bonds is 28. The Morgan fingerprint density at radius 3 is 1.97 bits per heavy atom. The number of hydrogen-bond acceptors (Lipinski definition) is 12. The predicted octanol–water partition coefficient (Wildman–Crippen LogP) is 5.62. The highest BCUT2D eigenvalue weighted by atomic mass is 16.5. The predicted molar refractivity (Wildman–Crippen MR) is 253 cm³/mol. The topological polar surface area (TPSA) is 178 Å². The Labute approximate surface area is 386 Å². The molecule has 366 valence electrons. The second kappa shape index (κ2) is 29.9. The third kappa shape index (κ3) is 19.1. The van der Waals surface area contributed by atoms with E-state index in [1.165, 1.54) is 0 Å². The Hall–Kier alpha value is -3.56. The smallest absolute Gasteiger partial charge is 0.322 e. The summed E-state index contributed by atoms with van der Waals surface area (Å²) in [5, 5.41) is 2.90. The average molecular weight is 902 g/mol. The Kier molecular flexibility index (Phi) is 27.3. The molecular weight excluding hydrogens is 815 g/mol. The first-order valence-electron chi connectivity index (χ1n) is 23.5. The quantitative estimate of drug-likeness (QED) is 0.0786. The van der Waals surface area contributed by atoms with Crippen LogP contribution >= 0.6 is 0 Å². The van der Waals surface area contributed by atoms with Crippen LogP contribution < -0.4 is 11.1 Å².